The minimum Gasteiger partial charge on any atom is -0.476 e. The van der Waals surface area contributed by atoms with Crippen LogP contribution in [0.1, 0.15) is 37.0 Å². The summed E-state index contributed by atoms with van der Waals surface area (Å²) < 4.78 is 13.5. The topological polar surface area (TPSA) is 79.3 Å². The minimum absolute atomic E-state index is 0.0861. The maximum Gasteiger partial charge on any atom is 0.355 e. The number of amides is 1. The Morgan fingerprint density at radius 2 is 1.95 bits per heavy atom. The van der Waals surface area contributed by atoms with Crippen LogP contribution in [0.25, 0.3) is 0 Å². The molecule has 0 saturated carbocycles. The van der Waals surface area contributed by atoms with Crippen molar-refractivity contribution in [1.29, 1.82) is 0 Å². The molecule has 0 fully saturated rings. The molecule has 0 radical (unpaired) electrons. The van der Waals surface area contributed by atoms with E-state index in [2.05, 4.69) is 10.3 Å². The number of nitrogens with zero attached hydrogens (tertiary/aromatic N) is 1. The molecule has 2 N–H and O–H groups in total. The molecule has 0 aliphatic heterocycles. The third kappa shape index (κ3) is 3.43. The van der Waals surface area contributed by atoms with E-state index >= 15 is 0 Å². The van der Waals surface area contributed by atoms with Crippen molar-refractivity contribution in [3.8, 4) is 0 Å². The van der Waals surface area contributed by atoms with Gasteiger partial charge >= 0.3 is 5.97 Å². The molecule has 110 valence electrons. The average Bonchev–Trinajstić information content (AvgIpc) is 2.92. The number of aromatic carboxylic acids is 1. The highest BCUT2D eigenvalue weighted by Crippen LogP contribution is 2.15. The molecule has 1 aromatic carbocycles. The van der Waals surface area contributed by atoms with E-state index in [9.17, 15) is 14.0 Å². The first-order valence-electron chi connectivity index (χ1n) is 6.11. The summed E-state index contributed by atoms with van der Waals surface area (Å²) in [5, 5.41) is 12.8. The number of benzene rings is 1. The van der Waals surface area contributed by atoms with E-state index in [1.165, 1.54) is 5.38 Å². The molecule has 0 aliphatic carbocycles. The third-order valence-electron chi connectivity index (χ3n) is 2.87. The summed E-state index contributed by atoms with van der Waals surface area (Å²) in [5.74, 6) is -1.88. The van der Waals surface area contributed by atoms with Crippen molar-refractivity contribution in [2.45, 2.75) is 20.4 Å². The number of carboxylic acid groups (broad SMARTS) is 1. The molecular weight excluding hydrogens is 295 g/mol. The fourth-order valence-electron chi connectivity index (χ4n) is 1.87. The van der Waals surface area contributed by atoms with Gasteiger partial charge in [-0.1, -0.05) is 12.1 Å². The third-order valence-corrected chi connectivity index (χ3v) is 3.71. The Kier molecular flexibility index (Phi) is 4.32. The van der Waals surface area contributed by atoms with Crippen molar-refractivity contribution in [2.24, 2.45) is 0 Å². The van der Waals surface area contributed by atoms with E-state index in [-0.39, 0.29) is 23.1 Å². The summed E-state index contributed by atoms with van der Waals surface area (Å²) in [6, 6.07) is 3.32. The largest absolute Gasteiger partial charge is 0.476 e. The SMILES string of the molecule is Cc1cc(CNC(=O)c2nc(C(=O)O)cs2)cc(C)c1F. The zero-order chi connectivity index (χ0) is 15.6. The van der Waals surface area contributed by atoms with Crippen molar-refractivity contribution in [3.05, 3.63) is 50.7 Å². The number of carbonyl (C=O) groups is 2. The van der Waals surface area contributed by atoms with Crippen LogP contribution in [0.2, 0.25) is 0 Å². The first-order valence-corrected chi connectivity index (χ1v) is 6.99. The number of halogens is 1. The van der Waals surface area contributed by atoms with Gasteiger partial charge in [0.15, 0.2) is 10.7 Å². The molecule has 0 spiro atoms. The molecule has 0 saturated heterocycles. The lowest BCUT2D eigenvalue weighted by atomic mass is 10.1. The fraction of sp³-hybridized carbons (Fsp3) is 0.214. The zero-order valence-corrected chi connectivity index (χ0v) is 12.3. The Labute approximate surface area is 124 Å². The number of aromatic nitrogens is 1. The van der Waals surface area contributed by atoms with Gasteiger partial charge in [-0.3, -0.25) is 4.79 Å². The van der Waals surface area contributed by atoms with Gasteiger partial charge < -0.3 is 10.4 Å². The molecule has 7 heteroatoms. The molecule has 5 nitrogen and oxygen atoms in total. The predicted molar refractivity (Wildman–Crippen MR) is 76.1 cm³/mol. The Hall–Kier alpha value is -2.28. The van der Waals surface area contributed by atoms with Crippen LogP contribution in [0.4, 0.5) is 4.39 Å². The highest BCUT2D eigenvalue weighted by atomic mass is 32.1. The number of carbonyl (C=O) groups excluding carboxylic acids is 1. The van der Waals surface area contributed by atoms with E-state index in [0.717, 1.165) is 16.9 Å². The molecule has 0 atom stereocenters. The van der Waals surface area contributed by atoms with Crippen molar-refractivity contribution < 1.29 is 19.1 Å². The van der Waals surface area contributed by atoms with E-state index < -0.39 is 11.9 Å². The van der Waals surface area contributed by atoms with Crippen LogP contribution in [0.5, 0.6) is 0 Å². The number of thiazole rings is 1. The lowest BCUT2D eigenvalue weighted by Crippen LogP contribution is -2.23. The van der Waals surface area contributed by atoms with Gasteiger partial charge in [-0.05, 0) is 30.5 Å². The van der Waals surface area contributed by atoms with Crippen LogP contribution in [0.3, 0.4) is 0 Å². The lowest BCUT2D eigenvalue weighted by Gasteiger charge is -2.07. The number of rotatable bonds is 4. The van der Waals surface area contributed by atoms with E-state index in [0.29, 0.717) is 11.1 Å². The fourth-order valence-corrected chi connectivity index (χ4v) is 2.58. The molecule has 0 bridgehead atoms. The summed E-state index contributed by atoms with van der Waals surface area (Å²) in [6.07, 6.45) is 0. The van der Waals surface area contributed by atoms with Crippen LogP contribution >= 0.6 is 11.3 Å². The van der Waals surface area contributed by atoms with Gasteiger partial charge in [0.1, 0.15) is 5.82 Å². The Bertz CT molecular complexity index is 689. The smallest absolute Gasteiger partial charge is 0.355 e. The van der Waals surface area contributed by atoms with Gasteiger partial charge in [0, 0.05) is 11.9 Å². The van der Waals surface area contributed by atoms with Gasteiger partial charge in [0.2, 0.25) is 0 Å². The quantitative estimate of drug-likeness (QED) is 0.909. The first kappa shape index (κ1) is 15.1. The molecule has 0 unspecified atom stereocenters. The summed E-state index contributed by atoms with van der Waals surface area (Å²) in [5.41, 5.74) is 1.65. The normalized spacial score (nSPS) is 10.4. The van der Waals surface area contributed by atoms with E-state index in [1.54, 1.807) is 26.0 Å². The number of hydrogen-bond acceptors (Lipinski definition) is 4. The van der Waals surface area contributed by atoms with Crippen LogP contribution in [0, 0.1) is 19.7 Å². The monoisotopic (exact) mass is 308 g/mol. The number of aryl methyl sites for hydroxylation is 2. The van der Waals surface area contributed by atoms with Gasteiger partial charge in [0.25, 0.3) is 5.91 Å². The molecule has 2 aromatic rings. The number of carboxylic acids is 1. The molecule has 21 heavy (non-hydrogen) atoms. The van der Waals surface area contributed by atoms with Crippen LogP contribution < -0.4 is 5.32 Å². The number of nitrogens with one attached hydrogen (secondary N) is 1. The van der Waals surface area contributed by atoms with Crippen molar-refractivity contribution in [3.63, 3.8) is 0 Å². The van der Waals surface area contributed by atoms with E-state index in [1.807, 2.05) is 0 Å². The lowest BCUT2D eigenvalue weighted by molar-refractivity contribution is 0.0691. The highest BCUT2D eigenvalue weighted by molar-refractivity contribution is 7.11. The average molecular weight is 308 g/mol. The number of hydrogen-bond donors (Lipinski definition) is 2. The Balaban J connectivity index is 2.05. The maximum atomic E-state index is 13.5. The second-order valence-electron chi connectivity index (χ2n) is 4.57. The van der Waals surface area contributed by atoms with Crippen molar-refractivity contribution >= 4 is 23.2 Å². The molecule has 1 amide bonds. The van der Waals surface area contributed by atoms with Gasteiger partial charge in [0.05, 0.1) is 0 Å². The zero-order valence-electron chi connectivity index (χ0n) is 11.4. The van der Waals surface area contributed by atoms with Gasteiger partial charge in [-0.15, -0.1) is 11.3 Å². The standard InChI is InChI=1S/C14H13FN2O3S/c1-7-3-9(4-8(2)11(7)15)5-16-12(18)13-17-10(6-21-13)14(19)20/h3-4,6H,5H2,1-2H3,(H,16,18)(H,19,20). The summed E-state index contributed by atoms with van der Waals surface area (Å²) in [7, 11) is 0. The summed E-state index contributed by atoms with van der Waals surface area (Å²) in [4.78, 5) is 26.3. The van der Waals surface area contributed by atoms with Gasteiger partial charge in [-0.2, -0.15) is 0 Å². The van der Waals surface area contributed by atoms with Crippen molar-refractivity contribution in [2.75, 3.05) is 0 Å². The molecule has 2 rings (SSSR count). The first-order chi connectivity index (χ1) is 9.88. The summed E-state index contributed by atoms with van der Waals surface area (Å²) in [6.45, 7) is 3.55. The van der Waals surface area contributed by atoms with E-state index in [4.69, 9.17) is 5.11 Å². The Morgan fingerprint density at radius 1 is 1.33 bits per heavy atom. The van der Waals surface area contributed by atoms with Crippen LogP contribution in [0.15, 0.2) is 17.5 Å². The van der Waals surface area contributed by atoms with Gasteiger partial charge in [-0.25, -0.2) is 14.2 Å². The van der Waals surface area contributed by atoms with Crippen LogP contribution in [-0.2, 0) is 6.54 Å². The molecular formula is C14H13FN2O3S. The molecule has 0 aliphatic rings. The summed E-state index contributed by atoms with van der Waals surface area (Å²) >= 11 is 0.966. The Morgan fingerprint density at radius 3 is 2.48 bits per heavy atom. The molecule has 1 heterocycles. The van der Waals surface area contributed by atoms with Crippen molar-refractivity contribution in [1.82, 2.24) is 10.3 Å². The second kappa shape index (κ2) is 6.01. The van der Waals surface area contributed by atoms with Crippen LogP contribution in [-0.4, -0.2) is 22.0 Å². The second-order valence-corrected chi connectivity index (χ2v) is 5.43. The highest BCUT2D eigenvalue weighted by Gasteiger charge is 2.14. The maximum absolute atomic E-state index is 13.5. The molecule has 1 aromatic heterocycles. The minimum atomic E-state index is -1.17. The predicted octanol–water partition coefficient (Wildman–Crippen LogP) is 2.53.